The summed E-state index contributed by atoms with van der Waals surface area (Å²) in [6.45, 7) is 8.42. The molecule has 118 valence electrons. The number of carbonyl (C=O) groups is 2. The molecule has 1 N–H and O–H groups in total. The predicted octanol–water partition coefficient (Wildman–Crippen LogP) is 2.57. The molecule has 1 fully saturated rings. The second kappa shape index (κ2) is 7.92. The Morgan fingerprint density at radius 3 is 2.67 bits per heavy atom. The average molecular weight is 331 g/mol. The van der Waals surface area contributed by atoms with Crippen molar-refractivity contribution in [2.24, 2.45) is 0 Å². The molecule has 0 saturated carbocycles. The smallest absolute Gasteiger partial charge is 0.223 e. The fourth-order valence-corrected chi connectivity index (χ4v) is 3.56. The first-order valence-corrected chi connectivity index (χ1v) is 7.91. The Labute approximate surface area is 136 Å². The summed E-state index contributed by atoms with van der Waals surface area (Å²) in [5, 5.41) is 3.26. The van der Waals surface area contributed by atoms with E-state index in [0.29, 0.717) is 12.8 Å². The minimum Gasteiger partial charge on any atom is -0.337 e. The van der Waals surface area contributed by atoms with E-state index >= 15 is 0 Å². The van der Waals surface area contributed by atoms with Gasteiger partial charge in [0.05, 0.1) is 0 Å². The molecule has 1 saturated heterocycles. The summed E-state index contributed by atoms with van der Waals surface area (Å²) in [5.41, 5.74) is 0.786. The van der Waals surface area contributed by atoms with Crippen LogP contribution in [0.4, 0.5) is 0 Å². The molecule has 2 heterocycles. The summed E-state index contributed by atoms with van der Waals surface area (Å²) in [7, 11) is 0. The number of hydrogen-bond donors (Lipinski definition) is 1. The molecular weight excluding hydrogens is 308 g/mol. The number of carbonyl (C=O) groups excluding carboxylic acids is 2. The van der Waals surface area contributed by atoms with E-state index in [1.807, 2.05) is 31.7 Å². The number of ketones is 1. The molecule has 1 aromatic heterocycles. The molecule has 4 nitrogen and oxygen atoms in total. The summed E-state index contributed by atoms with van der Waals surface area (Å²) in [6, 6.07) is 2.15. The summed E-state index contributed by atoms with van der Waals surface area (Å²) in [5.74, 6) is 0.181. The van der Waals surface area contributed by atoms with Crippen molar-refractivity contribution in [3.05, 3.63) is 21.4 Å². The number of nitrogens with one attached hydrogen (secondary N) is 1. The summed E-state index contributed by atoms with van der Waals surface area (Å²) < 4.78 is 0. The molecule has 0 radical (unpaired) electrons. The van der Waals surface area contributed by atoms with Crippen LogP contribution >= 0.6 is 23.7 Å². The molecule has 2 rings (SSSR count). The first-order valence-electron chi connectivity index (χ1n) is 7.09. The number of hydrogen-bond acceptors (Lipinski definition) is 4. The van der Waals surface area contributed by atoms with Crippen molar-refractivity contribution < 1.29 is 9.59 Å². The van der Waals surface area contributed by atoms with Gasteiger partial charge in [0.2, 0.25) is 5.91 Å². The van der Waals surface area contributed by atoms with Gasteiger partial charge in [-0.1, -0.05) is 0 Å². The molecule has 0 unspecified atom stereocenters. The number of Topliss-reactive ketones (excluding diaryl/α,β-unsaturated/α-hetero) is 1. The molecule has 1 aromatic rings. The lowest BCUT2D eigenvalue weighted by molar-refractivity contribution is -0.133. The number of rotatable bonds is 4. The highest BCUT2D eigenvalue weighted by atomic mass is 35.5. The Balaban J connectivity index is 0.00000220. The monoisotopic (exact) mass is 330 g/mol. The van der Waals surface area contributed by atoms with Crippen LogP contribution in [0.5, 0.6) is 0 Å². The number of nitrogens with zero attached hydrogens (tertiary/aromatic N) is 1. The van der Waals surface area contributed by atoms with Gasteiger partial charge >= 0.3 is 0 Å². The first-order chi connectivity index (χ1) is 9.49. The largest absolute Gasteiger partial charge is 0.337 e. The maximum Gasteiger partial charge on any atom is 0.223 e. The average Bonchev–Trinajstić information content (AvgIpc) is 2.75. The van der Waals surface area contributed by atoms with Crippen LogP contribution in [-0.4, -0.2) is 42.3 Å². The highest BCUT2D eigenvalue weighted by molar-refractivity contribution is 7.12. The number of amides is 1. The van der Waals surface area contributed by atoms with E-state index in [4.69, 9.17) is 0 Å². The minimum absolute atomic E-state index is 0. The zero-order valence-corrected chi connectivity index (χ0v) is 14.4. The van der Waals surface area contributed by atoms with Crippen molar-refractivity contribution in [1.82, 2.24) is 10.2 Å². The number of halogens is 1. The zero-order valence-electron chi connectivity index (χ0n) is 12.8. The van der Waals surface area contributed by atoms with Crippen LogP contribution in [0, 0.1) is 13.8 Å². The third-order valence-corrected chi connectivity index (χ3v) is 4.69. The molecule has 1 aliphatic rings. The van der Waals surface area contributed by atoms with E-state index in [1.54, 1.807) is 11.3 Å². The summed E-state index contributed by atoms with van der Waals surface area (Å²) in [4.78, 5) is 28.4. The fourth-order valence-electron chi connectivity index (χ4n) is 2.62. The SMILES string of the molecule is Cc1cc(C(=O)CCC(=O)N2CCNC[C@@H]2C)c(C)s1.Cl. The van der Waals surface area contributed by atoms with Crippen LogP contribution in [0.25, 0.3) is 0 Å². The Hall–Kier alpha value is -0.910. The van der Waals surface area contributed by atoms with Crippen LogP contribution < -0.4 is 5.32 Å². The van der Waals surface area contributed by atoms with E-state index in [0.717, 1.165) is 35.0 Å². The van der Waals surface area contributed by atoms with Gasteiger partial charge in [-0.05, 0) is 26.8 Å². The van der Waals surface area contributed by atoms with E-state index in [2.05, 4.69) is 5.32 Å². The predicted molar refractivity (Wildman–Crippen MR) is 88.7 cm³/mol. The Bertz CT molecular complexity index is 516. The molecular formula is C15H23ClN2O2S. The van der Waals surface area contributed by atoms with Crippen LogP contribution in [0.2, 0.25) is 0 Å². The van der Waals surface area contributed by atoms with Gasteiger partial charge in [-0.2, -0.15) is 0 Å². The van der Waals surface area contributed by atoms with Gasteiger partial charge in [0, 0.05) is 53.8 Å². The van der Waals surface area contributed by atoms with Crippen LogP contribution in [0.15, 0.2) is 6.07 Å². The van der Waals surface area contributed by atoms with Crippen molar-refractivity contribution in [2.75, 3.05) is 19.6 Å². The van der Waals surface area contributed by atoms with Crippen molar-refractivity contribution in [2.45, 2.75) is 39.7 Å². The molecule has 0 spiro atoms. The fraction of sp³-hybridized carbons (Fsp3) is 0.600. The number of piperazine rings is 1. The van der Waals surface area contributed by atoms with E-state index in [-0.39, 0.29) is 30.1 Å². The Kier molecular flexibility index (Phi) is 6.84. The summed E-state index contributed by atoms with van der Waals surface area (Å²) in [6.07, 6.45) is 0.629. The minimum atomic E-state index is 0. The van der Waals surface area contributed by atoms with Crippen molar-refractivity contribution >= 4 is 35.4 Å². The van der Waals surface area contributed by atoms with E-state index in [1.165, 1.54) is 0 Å². The molecule has 0 aliphatic carbocycles. The van der Waals surface area contributed by atoms with Crippen molar-refractivity contribution in [3.8, 4) is 0 Å². The first kappa shape index (κ1) is 18.1. The van der Waals surface area contributed by atoms with Gasteiger partial charge in [-0.15, -0.1) is 23.7 Å². The topological polar surface area (TPSA) is 49.4 Å². The third kappa shape index (κ3) is 4.53. The molecule has 1 amide bonds. The van der Waals surface area contributed by atoms with Gasteiger partial charge in [0.15, 0.2) is 5.78 Å². The molecule has 0 bridgehead atoms. The Morgan fingerprint density at radius 2 is 2.10 bits per heavy atom. The molecule has 1 atom stereocenters. The lowest BCUT2D eigenvalue weighted by atomic mass is 10.1. The number of aryl methyl sites for hydroxylation is 2. The second-order valence-electron chi connectivity index (χ2n) is 5.39. The second-order valence-corrected chi connectivity index (χ2v) is 6.85. The van der Waals surface area contributed by atoms with Crippen LogP contribution in [0.1, 0.15) is 39.9 Å². The van der Waals surface area contributed by atoms with Gasteiger partial charge in [-0.25, -0.2) is 0 Å². The van der Waals surface area contributed by atoms with Gasteiger partial charge in [0.1, 0.15) is 0 Å². The number of thiophene rings is 1. The standard InChI is InChI=1S/C15H22N2O2S.ClH/c1-10-9-16-6-7-17(10)15(19)5-4-14(18)13-8-11(2)20-12(13)3;/h8,10,16H,4-7,9H2,1-3H3;1H/t10-;/m0./s1. The van der Waals surface area contributed by atoms with Gasteiger partial charge in [-0.3, -0.25) is 9.59 Å². The maximum atomic E-state index is 12.2. The lowest BCUT2D eigenvalue weighted by Crippen LogP contribution is -2.52. The van der Waals surface area contributed by atoms with Crippen LogP contribution in [-0.2, 0) is 4.79 Å². The molecule has 6 heteroatoms. The van der Waals surface area contributed by atoms with Gasteiger partial charge in [0.25, 0.3) is 0 Å². The van der Waals surface area contributed by atoms with E-state index in [9.17, 15) is 9.59 Å². The maximum absolute atomic E-state index is 12.2. The van der Waals surface area contributed by atoms with Crippen LogP contribution in [0.3, 0.4) is 0 Å². The van der Waals surface area contributed by atoms with Crippen molar-refractivity contribution in [3.63, 3.8) is 0 Å². The quantitative estimate of drug-likeness (QED) is 0.863. The third-order valence-electron chi connectivity index (χ3n) is 3.73. The lowest BCUT2D eigenvalue weighted by Gasteiger charge is -2.34. The normalized spacial score (nSPS) is 18.2. The van der Waals surface area contributed by atoms with Gasteiger partial charge < -0.3 is 10.2 Å². The molecule has 21 heavy (non-hydrogen) atoms. The molecule has 0 aromatic carbocycles. The highest BCUT2D eigenvalue weighted by Crippen LogP contribution is 2.22. The van der Waals surface area contributed by atoms with E-state index < -0.39 is 0 Å². The zero-order chi connectivity index (χ0) is 14.7. The van der Waals surface area contributed by atoms with Crippen molar-refractivity contribution in [1.29, 1.82) is 0 Å². The Morgan fingerprint density at radius 1 is 1.38 bits per heavy atom. The summed E-state index contributed by atoms with van der Waals surface area (Å²) >= 11 is 1.64. The molecule has 1 aliphatic heterocycles. The highest BCUT2D eigenvalue weighted by Gasteiger charge is 2.23.